The summed E-state index contributed by atoms with van der Waals surface area (Å²) in [4.78, 5) is 14.2. The molecule has 1 aliphatic rings. The number of hydrogen-bond acceptors (Lipinski definition) is 4. The van der Waals surface area contributed by atoms with E-state index in [1.807, 2.05) is 0 Å². The fraction of sp³-hybridized carbons (Fsp3) is 0.278. The Morgan fingerprint density at radius 1 is 1.15 bits per heavy atom. The molecule has 0 spiro atoms. The minimum absolute atomic E-state index is 0.0280. The molecule has 0 bridgehead atoms. The maximum Gasteiger partial charge on any atom is 0.246 e. The van der Waals surface area contributed by atoms with E-state index in [-0.39, 0.29) is 23.7 Å². The van der Waals surface area contributed by atoms with Gasteiger partial charge in [-0.2, -0.15) is 0 Å². The van der Waals surface area contributed by atoms with Crippen LogP contribution in [0.1, 0.15) is 6.42 Å². The van der Waals surface area contributed by atoms with Crippen molar-refractivity contribution in [3.8, 4) is 0 Å². The van der Waals surface area contributed by atoms with Gasteiger partial charge in [-0.3, -0.25) is 4.79 Å². The molecule has 2 aromatic carbocycles. The highest BCUT2D eigenvalue weighted by Gasteiger charge is 2.35. The molecule has 0 radical (unpaired) electrons. The van der Waals surface area contributed by atoms with Gasteiger partial charge in [-0.1, -0.05) is 18.2 Å². The van der Waals surface area contributed by atoms with E-state index in [0.29, 0.717) is 12.1 Å². The normalized spacial score (nSPS) is 18.5. The summed E-state index contributed by atoms with van der Waals surface area (Å²) in [6, 6.07) is 11.2. The molecule has 1 fully saturated rings. The van der Waals surface area contributed by atoms with Crippen molar-refractivity contribution in [2.24, 2.45) is 0 Å². The van der Waals surface area contributed by atoms with Crippen LogP contribution in [-0.2, 0) is 14.6 Å². The lowest BCUT2D eigenvalue weighted by Gasteiger charge is -2.28. The Hall–Kier alpha value is -2.48. The molecule has 0 saturated carbocycles. The number of carbonyl (C=O) groups excluding carboxylic acids is 1. The van der Waals surface area contributed by atoms with Crippen molar-refractivity contribution in [3.05, 3.63) is 60.2 Å². The number of anilines is 2. The number of benzene rings is 2. The first-order valence-corrected chi connectivity index (χ1v) is 9.94. The topological polar surface area (TPSA) is 66.5 Å². The van der Waals surface area contributed by atoms with Crippen LogP contribution in [0.4, 0.5) is 20.2 Å². The summed E-state index contributed by atoms with van der Waals surface area (Å²) >= 11 is 0. The molecule has 1 atom stereocenters. The van der Waals surface area contributed by atoms with E-state index in [1.54, 1.807) is 30.3 Å². The Kier molecular flexibility index (Phi) is 5.22. The van der Waals surface area contributed by atoms with Crippen LogP contribution in [0.2, 0.25) is 0 Å². The summed E-state index contributed by atoms with van der Waals surface area (Å²) in [7, 11) is -3.19. The third kappa shape index (κ3) is 4.19. The Labute approximate surface area is 150 Å². The van der Waals surface area contributed by atoms with Gasteiger partial charge in [0, 0.05) is 5.69 Å². The predicted molar refractivity (Wildman–Crippen MR) is 95.8 cm³/mol. The number of halogens is 2. The van der Waals surface area contributed by atoms with Gasteiger partial charge < -0.3 is 10.2 Å². The van der Waals surface area contributed by atoms with Crippen LogP contribution in [0, 0.1) is 11.6 Å². The zero-order valence-corrected chi connectivity index (χ0v) is 14.7. The number of rotatable bonds is 5. The van der Waals surface area contributed by atoms with E-state index in [2.05, 4.69) is 5.32 Å². The maximum absolute atomic E-state index is 13.7. The van der Waals surface area contributed by atoms with Gasteiger partial charge in [-0.15, -0.1) is 0 Å². The number of sulfone groups is 1. The molecule has 5 nitrogen and oxygen atoms in total. The predicted octanol–water partition coefficient (Wildman–Crippen LogP) is 2.60. The molecule has 2 aromatic rings. The summed E-state index contributed by atoms with van der Waals surface area (Å²) < 4.78 is 50.6. The van der Waals surface area contributed by atoms with E-state index >= 15 is 0 Å². The van der Waals surface area contributed by atoms with Crippen LogP contribution < -0.4 is 10.2 Å². The quantitative estimate of drug-likeness (QED) is 0.866. The highest BCUT2D eigenvalue weighted by Crippen LogP contribution is 2.25. The Bertz CT molecular complexity index is 904. The van der Waals surface area contributed by atoms with Gasteiger partial charge in [-0.05, 0) is 36.8 Å². The van der Waals surface area contributed by atoms with Crippen LogP contribution >= 0.6 is 0 Å². The lowest BCUT2D eigenvalue weighted by molar-refractivity contribution is -0.117. The van der Waals surface area contributed by atoms with Gasteiger partial charge in [0.05, 0.1) is 29.8 Å². The zero-order chi connectivity index (χ0) is 18.7. The van der Waals surface area contributed by atoms with Crippen molar-refractivity contribution in [3.63, 3.8) is 0 Å². The van der Waals surface area contributed by atoms with Crippen molar-refractivity contribution < 1.29 is 22.0 Å². The van der Waals surface area contributed by atoms with Crippen LogP contribution in [0.25, 0.3) is 0 Å². The zero-order valence-electron chi connectivity index (χ0n) is 13.9. The van der Waals surface area contributed by atoms with Crippen LogP contribution in [0.15, 0.2) is 48.5 Å². The lowest BCUT2D eigenvalue weighted by Crippen LogP contribution is -2.44. The average Bonchev–Trinajstić information content (AvgIpc) is 2.96. The monoisotopic (exact) mass is 380 g/mol. The molecular formula is C18H18F2N2O3S. The second kappa shape index (κ2) is 7.41. The highest BCUT2D eigenvalue weighted by atomic mass is 32.2. The minimum Gasteiger partial charge on any atom is -0.374 e. The van der Waals surface area contributed by atoms with Gasteiger partial charge in [0.1, 0.15) is 11.6 Å². The maximum atomic E-state index is 13.7. The van der Waals surface area contributed by atoms with E-state index in [9.17, 15) is 22.0 Å². The number of nitrogens with one attached hydrogen (secondary N) is 1. The summed E-state index contributed by atoms with van der Waals surface area (Å²) in [5, 5.41) is 2.59. The largest absolute Gasteiger partial charge is 0.374 e. The van der Waals surface area contributed by atoms with E-state index in [0.717, 1.165) is 18.2 Å². The van der Waals surface area contributed by atoms with Gasteiger partial charge in [-0.25, -0.2) is 17.2 Å². The van der Waals surface area contributed by atoms with Gasteiger partial charge >= 0.3 is 0 Å². The number of para-hydroxylation sites is 1. The first-order chi connectivity index (χ1) is 12.4. The summed E-state index contributed by atoms with van der Waals surface area (Å²) in [6.45, 7) is -0.286. The molecule has 1 unspecified atom stereocenters. The van der Waals surface area contributed by atoms with Crippen molar-refractivity contribution in [2.75, 3.05) is 28.3 Å². The van der Waals surface area contributed by atoms with Crippen molar-refractivity contribution in [2.45, 2.75) is 12.5 Å². The molecule has 1 aliphatic heterocycles. The van der Waals surface area contributed by atoms with Crippen LogP contribution in [-0.4, -0.2) is 38.4 Å². The molecule has 1 heterocycles. The average molecular weight is 380 g/mol. The van der Waals surface area contributed by atoms with Crippen molar-refractivity contribution in [1.29, 1.82) is 0 Å². The fourth-order valence-corrected chi connectivity index (χ4v) is 4.71. The number of hydrogen-bond donors (Lipinski definition) is 1. The lowest BCUT2D eigenvalue weighted by atomic mass is 10.1. The SMILES string of the molecule is O=C(CNc1cc(F)ccc1F)N(c1ccccc1)C1CCS(=O)(=O)C1. The molecule has 0 aliphatic carbocycles. The summed E-state index contributed by atoms with van der Waals surface area (Å²) in [5.41, 5.74) is 0.450. The molecule has 1 amide bonds. The molecule has 26 heavy (non-hydrogen) atoms. The standard InChI is InChI=1S/C18H18F2N2O3S/c19-13-6-7-16(20)17(10-13)21-11-18(23)22(14-4-2-1-3-5-14)15-8-9-26(24,25)12-15/h1-7,10,15,21H,8-9,11-12H2. The Morgan fingerprint density at radius 2 is 1.88 bits per heavy atom. The Morgan fingerprint density at radius 3 is 2.54 bits per heavy atom. The van der Waals surface area contributed by atoms with Gasteiger partial charge in [0.15, 0.2) is 9.84 Å². The molecule has 1 saturated heterocycles. The molecule has 3 rings (SSSR count). The molecular weight excluding hydrogens is 362 g/mol. The Balaban J connectivity index is 1.80. The molecule has 1 N–H and O–H groups in total. The molecule has 0 aromatic heterocycles. The molecule has 8 heteroatoms. The second-order valence-electron chi connectivity index (χ2n) is 6.13. The number of carbonyl (C=O) groups is 1. The van der Waals surface area contributed by atoms with Crippen molar-refractivity contribution >= 4 is 27.1 Å². The molecule has 138 valence electrons. The summed E-state index contributed by atoms with van der Waals surface area (Å²) in [6.07, 6.45) is 0.345. The first-order valence-electron chi connectivity index (χ1n) is 8.12. The first kappa shape index (κ1) is 18.3. The fourth-order valence-electron chi connectivity index (χ4n) is 3.02. The highest BCUT2D eigenvalue weighted by molar-refractivity contribution is 7.91. The third-order valence-electron chi connectivity index (χ3n) is 4.24. The van der Waals surface area contributed by atoms with E-state index in [1.165, 1.54) is 4.90 Å². The number of amides is 1. The number of nitrogens with zero attached hydrogens (tertiary/aromatic N) is 1. The second-order valence-corrected chi connectivity index (χ2v) is 8.36. The van der Waals surface area contributed by atoms with Crippen LogP contribution in [0.5, 0.6) is 0 Å². The summed E-state index contributed by atoms with van der Waals surface area (Å²) in [5.74, 6) is -1.79. The van der Waals surface area contributed by atoms with Gasteiger partial charge in [0.25, 0.3) is 0 Å². The van der Waals surface area contributed by atoms with Crippen LogP contribution in [0.3, 0.4) is 0 Å². The smallest absolute Gasteiger partial charge is 0.246 e. The van der Waals surface area contributed by atoms with E-state index in [4.69, 9.17) is 0 Å². The third-order valence-corrected chi connectivity index (χ3v) is 5.99. The minimum atomic E-state index is -3.19. The van der Waals surface area contributed by atoms with Crippen molar-refractivity contribution in [1.82, 2.24) is 0 Å². The van der Waals surface area contributed by atoms with Gasteiger partial charge in [0.2, 0.25) is 5.91 Å². The van der Waals surface area contributed by atoms with E-state index < -0.39 is 33.4 Å².